The summed E-state index contributed by atoms with van der Waals surface area (Å²) in [6, 6.07) is 0.684. The van der Waals surface area contributed by atoms with E-state index in [1.54, 1.807) is 0 Å². The second-order valence-electron chi connectivity index (χ2n) is 4.28. The third-order valence-electron chi connectivity index (χ3n) is 3.07. The lowest BCUT2D eigenvalue weighted by Gasteiger charge is -2.37. The van der Waals surface area contributed by atoms with E-state index in [9.17, 15) is 0 Å². The number of piperazine rings is 1. The van der Waals surface area contributed by atoms with Gasteiger partial charge in [0.2, 0.25) is 0 Å². The maximum Gasteiger partial charge on any atom is 0.0193 e. The van der Waals surface area contributed by atoms with Gasteiger partial charge in [-0.15, -0.1) is 0 Å². The van der Waals surface area contributed by atoms with Crippen LogP contribution in [-0.2, 0) is 0 Å². The summed E-state index contributed by atoms with van der Waals surface area (Å²) in [5.74, 6) is 0. The van der Waals surface area contributed by atoms with E-state index in [1.807, 2.05) is 7.05 Å². The van der Waals surface area contributed by atoms with E-state index in [2.05, 4.69) is 29.0 Å². The quantitative estimate of drug-likeness (QED) is 0.700. The Morgan fingerprint density at radius 3 is 2.36 bits per heavy atom. The minimum absolute atomic E-state index is 0.684. The van der Waals surface area contributed by atoms with Crippen molar-refractivity contribution in [1.82, 2.24) is 15.1 Å². The first kappa shape index (κ1) is 12.0. The SMILES string of the molecule is CCCN1CCN(C(C)CNC)CC1. The topological polar surface area (TPSA) is 18.5 Å². The Morgan fingerprint density at radius 1 is 1.21 bits per heavy atom. The fourth-order valence-electron chi connectivity index (χ4n) is 2.17. The van der Waals surface area contributed by atoms with Crippen LogP contribution in [-0.4, -0.2) is 62.2 Å². The molecule has 3 heteroatoms. The molecule has 14 heavy (non-hydrogen) atoms. The molecule has 1 aliphatic heterocycles. The van der Waals surface area contributed by atoms with Crippen LogP contribution < -0.4 is 5.32 Å². The predicted octanol–water partition coefficient (Wildman–Crippen LogP) is 0.622. The fraction of sp³-hybridized carbons (Fsp3) is 1.00. The zero-order valence-electron chi connectivity index (χ0n) is 9.92. The van der Waals surface area contributed by atoms with Crippen LogP contribution in [0.3, 0.4) is 0 Å². The van der Waals surface area contributed by atoms with Crippen molar-refractivity contribution in [3.63, 3.8) is 0 Å². The molecule has 3 nitrogen and oxygen atoms in total. The van der Waals surface area contributed by atoms with Crippen molar-refractivity contribution in [1.29, 1.82) is 0 Å². The summed E-state index contributed by atoms with van der Waals surface area (Å²) >= 11 is 0. The molecule has 0 aromatic carbocycles. The van der Waals surface area contributed by atoms with E-state index in [0.29, 0.717) is 6.04 Å². The van der Waals surface area contributed by atoms with Crippen molar-refractivity contribution >= 4 is 0 Å². The summed E-state index contributed by atoms with van der Waals surface area (Å²) < 4.78 is 0. The van der Waals surface area contributed by atoms with Crippen molar-refractivity contribution in [3.8, 4) is 0 Å². The molecule has 0 aliphatic carbocycles. The van der Waals surface area contributed by atoms with Crippen LogP contribution in [0.4, 0.5) is 0 Å². The molecule has 0 bridgehead atoms. The van der Waals surface area contributed by atoms with Crippen LogP contribution in [0.15, 0.2) is 0 Å². The first-order valence-corrected chi connectivity index (χ1v) is 5.89. The third-order valence-corrected chi connectivity index (χ3v) is 3.07. The molecule has 1 heterocycles. The van der Waals surface area contributed by atoms with Gasteiger partial charge in [0.15, 0.2) is 0 Å². The van der Waals surface area contributed by atoms with Crippen LogP contribution in [0.1, 0.15) is 20.3 Å². The summed E-state index contributed by atoms with van der Waals surface area (Å²) in [5, 5.41) is 3.25. The predicted molar refractivity (Wildman–Crippen MR) is 61.7 cm³/mol. The lowest BCUT2D eigenvalue weighted by atomic mass is 10.2. The van der Waals surface area contributed by atoms with Gasteiger partial charge in [0.1, 0.15) is 0 Å². The van der Waals surface area contributed by atoms with Gasteiger partial charge in [-0.2, -0.15) is 0 Å². The molecular formula is C11H25N3. The lowest BCUT2D eigenvalue weighted by Crippen LogP contribution is -2.51. The van der Waals surface area contributed by atoms with Crippen LogP contribution in [0.25, 0.3) is 0 Å². The Bertz CT molecular complexity index is 141. The van der Waals surface area contributed by atoms with Crippen LogP contribution >= 0.6 is 0 Å². The minimum Gasteiger partial charge on any atom is -0.318 e. The van der Waals surface area contributed by atoms with Gasteiger partial charge in [0.25, 0.3) is 0 Å². The largest absolute Gasteiger partial charge is 0.318 e. The Balaban J connectivity index is 2.21. The van der Waals surface area contributed by atoms with Gasteiger partial charge >= 0.3 is 0 Å². The van der Waals surface area contributed by atoms with Crippen LogP contribution in [0, 0.1) is 0 Å². The summed E-state index contributed by atoms with van der Waals surface area (Å²) in [6.45, 7) is 11.9. The highest BCUT2D eigenvalue weighted by molar-refractivity contribution is 4.76. The van der Waals surface area contributed by atoms with Crippen LogP contribution in [0.5, 0.6) is 0 Å². The second-order valence-corrected chi connectivity index (χ2v) is 4.28. The van der Waals surface area contributed by atoms with E-state index < -0.39 is 0 Å². The monoisotopic (exact) mass is 199 g/mol. The number of rotatable bonds is 5. The van der Waals surface area contributed by atoms with Crippen molar-refractivity contribution in [3.05, 3.63) is 0 Å². The molecule has 0 spiro atoms. The summed E-state index contributed by atoms with van der Waals surface area (Å²) in [4.78, 5) is 5.16. The highest BCUT2D eigenvalue weighted by Crippen LogP contribution is 2.05. The first-order chi connectivity index (χ1) is 6.77. The standard InChI is InChI=1S/C11H25N3/c1-4-5-13-6-8-14(9-7-13)11(2)10-12-3/h11-12H,4-10H2,1-3H3. The molecule has 1 aliphatic rings. The van der Waals surface area contributed by atoms with E-state index in [0.717, 1.165) is 6.54 Å². The molecule has 1 atom stereocenters. The minimum atomic E-state index is 0.684. The second kappa shape index (κ2) is 6.38. The third kappa shape index (κ3) is 3.56. The normalized spacial score (nSPS) is 22.5. The molecule has 0 aromatic rings. The number of hydrogen-bond acceptors (Lipinski definition) is 3. The van der Waals surface area contributed by atoms with Crippen molar-refractivity contribution in [2.75, 3.05) is 46.3 Å². The van der Waals surface area contributed by atoms with Crippen molar-refractivity contribution in [2.24, 2.45) is 0 Å². The molecule has 1 rings (SSSR count). The average Bonchev–Trinajstić information content (AvgIpc) is 2.20. The van der Waals surface area contributed by atoms with Crippen molar-refractivity contribution in [2.45, 2.75) is 26.3 Å². The Kier molecular flexibility index (Phi) is 5.45. The molecule has 0 saturated carbocycles. The van der Waals surface area contributed by atoms with Gasteiger partial charge in [-0.1, -0.05) is 6.92 Å². The van der Waals surface area contributed by atoms with Gasteiger partial charge in [-0.3, -0.25) is 4.90 Å². The van der Waals surface area contributed by atoms with Gasteiger partial charge in [-0.05, 0) is 26.9 Å². The summed E-state index contributed by atoms with van der Waals surface area (Å²) in [5.41, 5.74) is 0. The number of nitrogens with one attached hydrogen (secondary N) is 1. The molecule has 1 saturated heterocycles. The van der Waals surface area contributed by atoms with E-state index in [4.69, 9.17) is 0 Å². The molecular weight excluding hydrogens is 174 g/mol. The molecule has 1 unspecified atom stereocenters. The number of hydrogen-bond donors (Lipinski definition) is 1. The highest BCUT2D eigenvalue weighted by atomic mass is 15.3. The van der Waals surface area contributed by atoms with Crippen molar-refractivity contribution < 1.29 is 0 Å². The van der Waals surface area contributed by atoms with Gasteiger partial charge in [-0.25, -0.2) is 0 Å². The Labute approximate surface area is 88.5 Å². The molecule has 0 radical (unpaired) electrons. The first-order valence-electron chi connectivity index (χ1n) is 5.89. The lowest BCUT2D eigenvalue weighted by molar-refractivity contribution is 0.103. The Hall–Kier alpha value is -0.120. The maximum absolute atomic E-state index is 3.25. The maximum atomic E-state index is 3.25. The summed E-state index contributed by atoms with van der Waals surface area (Å²) in [7, 11) is 2.03. The zero-order valence-corrected chi connectivity index (χ0v) is 9.92. The summed E-state index contributed by atoms with van der Waals surface area (Å²) in [6.07, 6.45) is 1.28. The van der Waals surface area contributed by atoms with E-state index in [1.165, 1.54) is 39.1 Å². The van der Waals surface area contributed by atoms with Gasteiger partial charge in [0, 0.05) is 38.8 Å². The number of likely N-dealkylation sites (N-methyl/N-ethyl adjacent to an activating group) is 1. The molecule has 1 fully saturated rings. The fourth-order valence-corrected chi connectivity index (χ4v) is 2.17. The zero-order chi connectivity index (χ0) is 10.4. The van der Waals surface area contributed by atoms with Gasteiger partial charge < -0.3 is 10.2 Å². The molecule has 84 valence electrons. The highest BCUT2D eigenvalue weighted by Gasteiger charge is 2.19. The molecule has 0 aromatic heterocycles. The van der Waals surface area contributed by atoms with E-state index in [-0.39, 0.29) is 0 Å². The number of nitrogens with zero attached hydrogens (tertiary/aromatic N) is 2. The van der Waals surface area contributed by atoms with Gasteiger partial charge in [0.05, 0.1) is 0 Å². The molecule has 0 amide bonds. The van der Waals surface area contributed by atoms with Crippen LogP contribution in [0.2, 0.25) is 0 Å². The van der Waals surface area contributed by atoms with E-state index >= 15 is 0 Å². The Morgan fingerprint density at radius 2 is 1.86 bits per heavy atom. The molecule has 1 N–H and O–H groups in total. The smallest absolute Gasteiger partial charge is 0.0193 e. The average molecular weight is 199 g/mol.